The average molecular weight is 780 g/mol. The molecule has 0 rings (SSSR count). The minimum Gasteiger partial charge on any atom is -0.466 e. The lowest BCUT2D eigenvalue weighted by Gasteiger charge is -2.22. The number of carbonyl (C=O) groups is 2. The highest BCUT2D eigenvalue weighted by Gasteiger charge is 2.14. The van der Waals surface area contributed by atoms with E-state index < -0.39 is 0 Å². The lowest BCUT2D eigenvalue weighted by molar-refractivity contribution is -0.150. The predicted octanol–water partition coefficient (Wildman–Crippen LogP) is 14.6. The normalized spacial score (nSPS) is 11.6. The van der Waals surface area contributed by atoms with E-state index >= 15 is 0 Å². The van der Waals surface area contributed by atoms with Crippen molar-refractivity contribution in [3.8, 4) is 0 Å². The lowest BCUT2D eigenvalue weighted by atomic mass is 10.0. The van der Waals surface area contributed by atoms with Crippen molar-refractivity contribution in [1.82, 2.24) is 4.90 Å². The first kappa shape index (κ1) is 53.9. The molecule has 0 aliphatic carbocycles. The van der Waals surface area contributed by atoms with Gasteiger partial charge in [-0.2, -0.15) is 0 Å². The maximum atomic E-state index is 12.8. The molecule has 0 radical (unpaired) electrons. The number of ether oxygens (including phenoxy) is 2. The van der Waals surface area contributed by atoms with Gasteiger partial charge in [0.15, 0.2) is 0 Å². The Balaban J connectivity index is 4.28. The zero-order valence-electron chi connectivity index (χ0n) is 37.5. The standard InChI is InChI=1S/C49H97NO5/c1-4-7-10-13-16-17-18-27-37-46-54-48(52)40-32-28-35-44-50(43-34-25-20-26-36-45-51)42-33-24-19-23-31-41-49(53)55-47(38-29-21-14-11-8-5-2)39-30-22-15-12-9-6-3/h47,51H,4-46H2,1-3H3. The second kappa shape index (κ2) is 45.6. The summed E-state index contributed by atoms with van der Waals surface area (Å²) in [6, 6.07) is 0. The van der Waals surface area contributed by atoms with E-state index in [-0.39, 0.29) is 18.0 Å². The van der Waals surface area contributed by atoms with Crippen LogP contribution in [-0.2, 0) is 19.1 Å². The number of carbonyl (C=O) groups excluding carboxylic acids is 2. The molecule has 0 aliphatic rings. The van der Waals surface area contributed by atoms with Gasteiger partial charge in [-0.15, -0.1) is 0 Å². The van der Waals surface area contributed by atoms with Crippen LogP contribution in [-0.4, -0.2) is 60.9 Å². The number of rotatable bonds is 46. The van der Waals surface area contributed by atoms with Crippen LogP contribution < -0.4 is 0 Å². The molecule has 0 aliphatic heterocycles. The van der Waals surface area contributed by atoms with Crippen LogP contribution >= 0.6 is 0 Å². The fraction of sp³-hybridized carbons (Fsp3) is 0.959. The van der Waals surface area contributed by atoms with Crippen LogP contribution in [0.2, 0.25) is 0 Å². The number of esters is 2. The maximum absolute atomic E-state index is 12.8. The third kappa shape index (κ3) is 42.3. The van der Waals surface area contributed by atoms with E-state index in [2.05, 4.69) is 25.7 Å². The second-order valence-electron chi connectivity index (χ2n) is 16.9. The van der Waals surface area contributed by atoms with E-state index in [1.807, 2.05) is 0 Å². The Morgan fingerprint density at radius 2 is 0.764 bits per heavy atom. The molecule has 0 aromatic rings. The van der Waals surface area contributed by atoms with Crippen LogP contribution in [0.25, 0.3) is 0 Å². The largest absolute Gasteiger partial charge is 0.466 e. The first-order chi connectivity index (χ1) is 27.1. The van der Waals surface area contributed by atoms with Crippen molar-refractivity contribution < 1.29 is 24.2 Å². The molecule has 55 heavy (non-hydrogen) atoms. The molecule has 0 amide bonds. The minimum absolute atomic E-state index is 0.0197. The Kier molecular flexibility index (Phi) is 44.6. The van der Waals surface area contributed by atoms with Gasteiger partial charge in [0.2, 0.25) is 0 Å². The molecule has 0 aromatic carbocycles. The number of hydrogen-bond donors (Lipinski definition) is 1. The van der Waals surface area contributed by atoms with Crippen molar-refractivity contribution >= 4 is 11.9 Å². The summed E-state index contributed by atoms with van der Waals surface area (Å²) in [4.78, 5) is 27.7. The molecule has 0 aromatic heterocycles. The molecule has 0 atom stereocenters. The fourth-order valence-electron chi connectivity index (χ4n) is 7.71. The smallest absolute Gasteiger partial charge is 0.306 e. The number of aliphatic hydroxyl groups is 1. The Hall–Kier alpha value is -1.14. The molecule has 0 bridgehead atoms. The first-order valence-corrected chi connectivity index (χ1v) is 24.8. The van der Waals surface area contributed by atoms with Gasteiger partial charge in [-0.1, -0.05) is 181 Å². The number of nitrogens with zero attached hydrogens (tertiary/aromatic N) is 1. The zero-order chi connectivity index (χ0) is 40.1. The van der Waals surface area contributed by atoms with Gasteiger partial charge in [-0.3, -0.25) is 9.59 Å². The number of unbranched alkanes of at least 4 members (excludes halogenated alkanes) is 28. The van der Waals surface area contributed by atoms with Gasteiger partial charge in [0.05, 0.1) is 6.61 Å². The summed E-state index contributed by atoms with van der Waals surface area (Å²) in [5, 5.41) is 9.09. The third-order valence-corrected chi connectivity index (χ3v) is 11.4. The van der Waals surface area contributed by atoms with E-state index in [0.29, 0.717) is 26.1 Å². The summed E-state index contributed by atoms with van der Waals surface area (Å²) in [5.41, 5.74) is 0. The summed E-state index contributed by atoms with van der Waals surface area (Å²) in [5.74, 6) is 0.00732. The summed E-state index contributed by atoms with van der Waals surface area (Å²) >= 11 is 0. The molecule has 0 saturated carbocycles. The third-order valence-electron chi connectivity index (χ3n) is 11.4. The van der Waals surface area contributed by atoms with Gasteiger partial charge in [-0.05, 0) is 90.3 Å². The molecule has 328 valence electrons. The highest BCUT2D eigenvalue weighted by atomic mass is 16.5. The van der Waals surface area contributed by atoms with Crippen LogP contribution in [0.3, 0.4) is 0 Å². The second-order valence-corrected chi connectivity index (χ2v) is 16.9. The molecule has 0 unspecified atom stereocenters. The Labute approximate surface area is 343 Å². The van der Waals surface area contributed by atoms with Crippen LogP contribution in [0, 0.1) is 0 Å². The molecular formula is C49H97NO5. The van der Waals surface area contributed by atoms with Crippen LogP contribution in [0.4, 0.5) is 0 Å². The highest BCUT2D eigenvalue weighted by Crippen LogP contribution is 2.19. The van der Waals surface area contributed by atoms with Crippen molar-refractivity contribution in [2.45, 2.75) is 271 Å². The van der Waals surface area contributed by atoms with Gasteiger partial charge in [0.25, 0.3) is 0 Å². The topological polar surface area (TPSA) is 76.1 Å². The monoisotopic (exact) mass is 780 g/mol. The van der Waals surface area contributed by atoms with E-state index in [1.54, 1.807) is 0 Å². The Morgan fingerprint density at radius 3 is 1.22 bits per heavy atom. The molecule has 0 heterocycles. The van der Waals surface area contributed by atoms with Crippen molar-refractivity contribution in [3.05, 3.63) is 0 Å². The average Bonchev–Trinajstić information content (AvgIpc) is 3.18. The van der Waals surface area contributed by atoms with E-state index in [1.165, 1.54) is 167 Å². The first-order valence-electron chi connectivity index (χ1n) is 24.8. The Bertz CT molecular complexity index is 760. The van der Waals surface area contributed by atoms with Gasteiger partial charge in [0, 0.05) is 19.4 Å². The summed E-state index contributed by atoms with van der Waals surface area (Å²) < 4.78 is 11.6. The molecule has 0 spiro atoms. The van der Waals surface area contributed by atoms with Crippen molar-refractivity contribution in [2.24, 2.45) is 0 Å². The molecule has 0 saturated heterocycles. The van der Waals surface area contributed by atoms with E-state index in [4.69, 9.17) is 14.6 Å². The molecule has 1 N–H and O–H groups in total. The van der Waals surface area contributed by atoms with Gasteiger partial charge < -0.3 is 19.5 Å². The van der Waals surface area contributed by atoms with E-state index in [0.717, 1.165) is 83.8 Å². The highest BCUT2D eigenvalue weighted by molar-refractivity contribution is 5.69. The minimum atomic E-state index is -0.0197. The number of hydrogen-bond acceptors (Lipinski definition) is 6. The van der Waals surface area contributed by atoms with Gasteiger partial charge >= 0.3 is 11.9 Å². The quantitative estimate of drug-likeness (QED) is 0.0490. The fourth-order valence-corrected chi connectivity index (χ4v) is 7.71. The SMILES string of the molecule is CCCCCCCCCCCOC(=O)CCCCCN(CCCCCCCO)CCCCCCCC(=O)OC(CCCCCCCC)CCCCCCCC. The van der Waals surface area contributed by atoms with Crippen LogP contribution in [0.15, 0.2) is 0 Å². The molecule has 6 nitrogen and oxygen atoms in total. The maximum Gasteiger partial charge on any atom is 0.306 e. The summed E-state index contributed by atoms with van der Waals surface area (Å²) in [7, 11) is 0. The lowest BCUT2D eigenvalue weighted by Crippen LogP contribution is -2.27. The van der Waals surface area contributed by atoms with Crippen LogP contribution in [0.1, 0.15) is 265 Å². The molecular weight excluding hydrogens is 683 g/mol. The summed E-state index contributed by atoms with van der Waals surface area (Å²) in [6.45, 7) is 11.1. The Morgan fingerprint density at radius 1 is 0.418 bits per heavy atom. The zero-order valence-corrected chi connectivity index (χ0v) is 37.5. The molecule has 0 fully saturated rings. The van der Waals surface area contributed by atoms with E-state index in [9.17, 15) is 9.59 Å². The summed E-state index contributed by atoms with van der Waals surface area (Å²) in [6.07, 6.45) is 44.8. The van der Waals surface area contributed by atoms with Crippen molar-refractivity contribution in [2.75, 3.05) is 32.8 Å². The van der Waals surface area contributed by atoms with Crippen LogP contribution in [0.5, 0.6) is 0 Å². The van der Waals surface area contributed by atoms with Crippen molar-refractivity contribution in [3.63, 3.8) is 0 Å². The predicted molar refractivity (Wildman–Crippen MR) is 237 cm³/mol. The van der Waals surface area contributed by atoms with Gasteiger partial charge in [-0.25, -0.2) is 0 Å². The molecule has 6 heteroatoms. The number of aliphatic hydroxyl groups excluding tert-OH is 1. The van der Waals surface area contributed by atoms with Gasteiger partial charge in [0.1, 0.15) is 6.10 Å². The van der Waals surface area contributed by atoms with Crippen molar-refractivity contribution in [1.29, 1.82) is 0 Å².